The van der Waals surface area contributed by atoms with Crippen LogP contribution in [0.3, 0.4) is 0 Å². The number of aromatic carboxylic acids is 2. The minimum Gasteiger partial charge on any atom is -0.508 e. The maximum absolute atomic E-state index is 13.6. The molecule has 0 spiro atoms. The summed E-state index contributed by atoms with van der Waals surface area (Å²) in [5.74, 6) is -3.07. The van der Waals surface area contributed by atoms with Crippen molar-refractivity contribution in [2.24, 2.45) is 5.73 Å². The van der Waals surface area contributed by atoms with Crippen molar-refractivity contribution in [3.8, 4) is 5.75 Å². The van der Waals surface area contributed by atoms with Crippen LogP contribution in [0.5, 0.6) is 5.75 Å². The highest BCUT2D eigenvalue weighted by molar-refractivity contribution is 5.98. The predicted molar refractivity (Wildman–Crippen MR) is 156 cm³/mol. The fraction of sp³-hybridized carbons (Fsp3) is 0.129. The van der Waals surface area contributed by atoms with Crippen LogP contribution in [0.15, 0.2) is 84.9 Å². The molecule has 0 aliphatic carbocycles. The molecule has 228 valence electrons. The van der Waals surface area contributed by atoms with E-state index in [4.69, 9.17) is 5.73 Å². The Labute approximate surface area is 249 Å². The molecule has 44 heavy (non-hydrogen) atoms. The van der Waals surface area contributed by atoms with E-state index in [1.807, 2.05) is 0 Å². The standard InChI is InChI=1S/C31H27F3N4O6/c32-31(33,34)19-8-12-26(37-24-4-2-1-3-21(24)29(41)42)27(15-19)38-25-11-7-18(13-22(25)30(43)44)16-36-28(40)23(35)14-17-5-9-20(39)10-6-17/h1-13,15,23,37-39H,14,16,35H2,(H,36,40)(H,41,42)(H,43,44). The number of carbonyl (C=O) groups excluding carboxylic acids is 1. The Hall–Kier alpha value is -5.56. The minimum atomic E-state index is -4.71. The summed E-state index contributed by atoms with van der Waals surface area (Å²) in [5, 5.41) is 36.9. The second kappa shape index (κ2) is 13.2. The second-order valence-electron chi connectivity index (χ2n) is 9.74. The van der Waals surface area contributed by atoms with E-state index in [1.54, 1.807) is 18.2 Å². The number of carboxylic acids is 2. The number of carboxylic acid groups (broad SMARTS) is 2. The molecule has 0 aliphatic heterocycles. The molecule has 0 radical (unpaired) electrons. The zero-order valence-electron chi connectivity index (χ0n) is 22.9. The molecular formula is C31H27F3N4O6. The van der Waals surface area contributed by atoms with Gasteiger partial charge in [0.05, 0.1) is 45.5 Å². The van der Waals surface area contributed by atoms with Crippen LogP contribution in [0, 0.1) is 0 Å². The van der Waals surface area contributed by atoms with E-state index in [9.17, 15) is 42.9 Å². The van der Waals surface area contributed by atoms with Crippen LogP contribution in [0.1, 0.15) is 37.4 Å². The number of anilines is 4. The molecule has 0 saturated carbocycles. The average Bonchev–Trinajstić information content (AvgIpc) is 2.97. The van der Waals surface area contributed by atoms with Gasteiger partial charge in [0.15, 0.2) is 0 Å². The lowest BCUT2D eigenvalue weighted by Gasteiger charge is -2.19. The van der Waals surface area contributed by atoms with Crippen LogP contribution < -0.4 is 21.7 Å². The molecule has 0 saturated heterocycles. The number of rotatable bonds is 11. The van der Waals surface area contributed by atoms with Crippen LogP contribution in [0.2, 0.25) is 0 Å². The number of amides is 1. The first-order valence-corrected chi connectivity index (χ1v) is 13.1. The molecule has 0 fully saturated rings. The summed E-state index contributed by atoms with van der Waals surface area (Å²) < 4.78 is 40.7. The maximum atomic E-state index is 13.6. The van der Waals surface area contributed by atoms with Gasteiger partial charge in [-0.1, -0.05) is 30.3 Å². The van der Waals surface area contributed by atoms with Crippen molar-refractivity contribution in [1.82, 2.24) is 5.32 Å². The number of phenolic OH excluding ortho intramolecular Hbond substituents is 1. The van der Waals surface area contributed by atoms with E-state index in [0.29, 0.717) is 5.56 Å². The molecular weight excluding hydrogens is 581 g/mol. The quantitative estimate of drug-likeness (QED) is 0.116. The summed E-state index contributed by atoms with van der Waals surface area (Å²) in [6.45, 7) is -0.0784. The number of nitrogens with one attached hydrogen (secondary N) is 3. The van der Waals surface area contributed by atoms with Crippen LogP contribution in [-0.2, 0) is 23.9 Å². The van der Waals surface area contributed by atoms with Crippen LogP contribution in [0.25, 0.3) is 0 Å². The van der Waals surface area contributed by atoms with E-state index in [0.717, 1.165) is 23.8 Å². The molecule has 0 aromatic heterocycles. The second-order valence-corrected chi connectivity index (χ2v) is 9.74. The molecule has 1 amide bonds. The first-order chi connectivity index (χ1) is 20.8. The Bertz CT molecular complexity index is 1690. The number of para-hydroxylation sites is 1. The predicted octanol–water partition coefficient (Wildman–Crippen LogP) is 5.48. The zero-order valence-corrected chi connectivity index (χ0v) is 22.9. The molecule has 13 heteroatoms. The number of nitrogens with two attached hydrogens (primary N) is 1. The van der Waals surface area contributed by atoms with Crippen LogP contribution in [-0.4, -0.2) is 39.2 Å². The lowest BCUT2D eigenvalue weighted by Crippen LogP contribution is -2.41. The van der Waals surface area contributed by atoms with Crippen LogP contribution in [0.4, 0.5) is 35.9 Å². The lowest BCUT2D eigenvalue weighted by molar-refractivity contribution is -0.137. The number of alkyl halides is 3. The first kappa shape index (κ1) is 31.4. The van der Waals surface area contributed by atoms with Gasteiger partial charge in [0, 0.05) is 6.54 Å². The van der Waals surface area contributed by atoms with Crippen molar-refractivity contribution < 1.29 is 42.9 Å². The van der Waals surface area contributed by atoms with Gasteiger partial charge in [0.1, 0.15) is 5.75 Å². The summed E-state index contributed by atoms with van der Waals surface area (Å²) in [7, 11) is 0. The molecule has 4 aromatic rings. The summed E-state index contributed by atoms with van der Waals surface area (Å²) in [6.07, 6.45) is -4.52. The third-order valence-corrected chi connectivity index (χ3v) is 6.55. The Morgan fingerprint density at radius 3 is 1.98 bits per heavy atom. The number of phenols is 1. The highest BCUT2D eigenvalue weighted by Crippen LogP contribution is 2.37. The molecule has 0 aliphatic rings. The van der Waals surface area contributed by atoms with Gasteiger partial charge < -0.3 is 37.0 Å². The highest BCUT2D eigenvalue weighted by atomic mass is 19.4. The van der Waals surface area contributed by atoms with Gasteiger partial charge in [-0.2, -0.15) is 13.2 Å². The number of hydrogen-bond donors (Lipinski definition) is 7. The van der Waals surface area contributed by atoms with E-state index in [-0.39, 0.29) is 52.6 Å². The Kier molecular flexibility index (Phi) is 9.39. The summed E-state index contributed by atoms with van der Waals surface area (Å²) in [6, 6.07) is 17.9. The maximum Gasteiger partial charge on any atom is 0.416 e. The van der Waals surface area contributed by atoms with E-state index in [2.05, 4.69) is 16.0 Å². The summed E-state index contributed by atoms with van der Waals surface area (Å²) in [5.41, 5.74) is 5.61. The number of aromatic hydroxyl groups is 1. The van der Waals surface area contributed by atoms with Gasteiger partial charge in [-0.25, -0.2) is 9.59 Å². The van der Waals surface area contributed by atoms with Gasteiger partial charge in [0.2, 0.25) is 5.91 Å². The normalized spacial score (nSPS) is 11.8. The Balaban J connectivity index is 1.57. The van der Waals surface area contributed by atoms with Crippen LogP contribution >= 0.6 is 0 Å². The minimum absolute atomic E-state index is 0.0505. The first-order valence-electron chi connectivity index (χ1n) is 13.1. The number of benzene rings is 4. The molecule has 8 N–H and O–H groups in total. The van der Waals surface area contributed by atoms with Gasteiger partial charge in [0.25, 0.3) is 0 Å². The summed E-state index contributed by atoms with van der Waals surface area (Å²) in [4.78, 5) is 36.3. The van der Waals surface area contributed by atoms with Crippen molar-refractivity contribution in [2.45, 2.75) is 25.2 Å². The van der Waals surface area contributed by atoms with Crippen molar-refractivity contribution in [3.05, 3.63) is 113 Å². The fourth-order valence-electron chi connectivity index (χ4n) is 4.29. The molecule has 0 bridgehead atoms. The van der Waals surface area contributed by atoms with E-state index >= 15 is 0 Å². The van der Waals surface area contributed by atoms with E-state index < -0.39 is 35.6 Å². The number of halogens is 3. The van der Waals surface area contributed by atoms with Crippen molar-refractivity contribution in [3.63, 3.8) is 0 Å². The van der Waals surface area contributed by atoms with Crippen molar-refractivity contribution >= 4 is 40.6 Å². The molecule has 0 heterocycles. The third-order valence-electron chi connectivity index (χ3n) is 6.55. The third kappa shape index (κ3) is 7.83. The van der Waals surface area contributed by atoms with Gasteiger partial charge in [-0.05, 0) is 72.1 Å². The molecule has 1 unspecified atom stereocenters. The molecule has 1 atom stereocenters. The lowest BCUT2D eigenvalue weighted by atomic mass is 10.0. The Morgan fingerprint density at radius 1 is 0.727 bits per heavy atom. The smallest absolute Gasteiger partial charge is 0.416 e. The monoisotopic (exact) mass is 608 g/mol. The number of carbonyl (C=O) groups is 3. The number of hydrogen-bond acceptors (Lipinski definition) is 7. The topological polar surface area (TPSA) is 174 Å². The van der Waals surface area contributed by atoms with Gasteiger partial charge >= 0.3 is 18.1 Å². The van der Waals surface area contributed by atoms with Crippen molar-refractivity contribution in [2.75, 3.05) is 10.6 Å². The van der Waals surface area contributed by atoms with Gasteiger partial charge in [-0.3, -0.25) is 4.79 Å². The summed E-state index contributed by atoms with van der Waals surface area (Å²) >= 11 is 0. The molecule has 10 nitrogen and oxygen atoms in total. The highest BCUT2D eigenvalue weighted by Gasteiger charge is 2.31. The largest absolute Gasteiger partial charge is 0.508 e. The molecule has 4 rings (SSSR count). The fourth-order valence-corrected chi connectivity index (χ4v) is 4.29. The molecule has 4 aromatic carbocycles. The SMILES string of the molecule is NC(Cc1ccc(O)cc1)C(=O)NCc1ccc(Nc2cc(C(F)(F)F)ccc2Nc2ccccc2C(=O)O)c(C(=O)O)c1. The van der Waals surface area contributed by atoms with E-state index in [1.165, 1.54) is 48.5 Å². The van der Waals surface area contributed by atoms with Gasteiger partial charge in [-0.15, -0.1) is 0 Å². The zero-order chi connectivity index (χ0) is 32.0. The Morgan fingerprint density at radius 2 is 1.32 bits per heavy atom. The average molecular weight is 609 g/mol. The van der Waals surface area contributed by atoms with Crippen molar-refractivity contribution in [1.29, 1.82) is 0 Å².